The highest BCUT2D eigenvalue weighted by Crippen LogP contribution is 2.14. The Hall–Kier alpha value is -0.900. The maximum absolute atomic E-state index is 12.1. The summed E-state index contributed by atoms with van der Waals surface area (Å²) in [4.78, 5) is 0. The van der Waals surface area contributed by atoms with Crippen LogP contribution in [0, 0.1) is 0 Å². The van der Waals surface area contributed by atoms with Gasteiger partial charge in [-0.1, -0.05) is 0 Å². The molecule has 62 valence electrons. The van der Waals surface area contributed by atoms with Gasteiger partial charge in [-0.15, -0.1) is 0 Å². The second-order valence-electron chi connectivity index (χ2n) is 2.22. The van der Waals surface area contributed by atoms with E-state index in [0.717, 1.165) is 4.57 Å². The summed E-state index contributed by atoms with van der Waals surface area (Å²) in [7, 11) is 0. The quantitative estimate of drug-likeness (QED) is 0.711. The fourth-order valence-electron chi connectivity index (χ4n) is 0.979. The maximum atomic E-state index is 12.1. The first kappa shape index (κ1) is 8.20. The van der Waals surface area contributed by atoms with Crippen LogP contribution in [0.15, 0.2) is 18.3 Å². The zero-order chi connectivity index (χ0) is 8.27. The predicted molar refractivity (Wildman–Crippen MR) is 38.4 cm³/mol. The van der Waals surface area contributed by atoms with Crippen LogP contribution in [0.2, 0.25) is 0 Å². The molecule has 2 nitrogen and oxygen atoms in total. The molecule has 4 heteroatoms. The number of hydrogen-bond donors (Lipinski definition) is 1. The molecule has 0 fully saturated rings. The lowest BCUT2D eigenvalue weighted by Gasteiger charge is -2.05. The predicted octanol–water partition coefficient (Wildman–Crippen LogP) is 1.38. The zero-order valence-corrected chi connectivity index (χ0v) is 6.00. The molecule has 0 atom stereocenters. The van der Waals surface area contributed by atoms with Crippen molar-refractivity contribution in [2.24, 2.45) is 5.73 Å². The molecule has 1 heterocycles. The molecule has 1 aromatic heterocycles. The molecule has 0 aliphatic heterocycles. The van der Waals surface area contributed by atoms with Gasteiger partial charge in [-0.3, -0.25) is 4.57 Å². The lowest BCUT2D eigenvalue weighted by Crippen LogP contribution is -2.08. The average molecular weight is 160 g/mol. The Labute approximate surface area is 63.6 Å². The molecule has 0 saturated heterocycles. The van der Waals surface area contributed by atoms with E-state index in [1.807, 2.05) is 0 Å². The summed E-state index contributed by atoms with van der Waals surface area (Å²) in [6.07, 6.45) is 1.85. The summed E-state index contributed by atoms with van der Waals surface area (Å²) in [6, 6.07) is 3.25. The topological polar surface area (TPSA) is 30.9 Å². The van der Waals surface area contributed by atoms with E-state index in [0.29, 0.717) is 18.7 Å². The third-order valence-electron chi connectivity index (χ3n) is 1.48. The van der Waals surface area contributed by atoms with Crippen LogP contribution in [0.1, 0.15) is 12.2 Å². The smallest absolute Gasteiger partial charge is 0.318 e. The molecule has 0 amide bonds. The Balaban J connectivity index is 2.78. The van der Waals surface area contributed by atoms with Crippen molar-refractivity contribution in [2.45, 2.75) is 13.0 Å². The summed E-state index contributed by atoms with van der Waals surface area (Å²) in [5.41, 5.74) is 5.82. The van der Waals surface area contributed by atoms with Gasteiger partial charge in [-0.25, -0.2) is 0 Å². The van der Waals surface area contributed by atoms with Gasteiger partial charge < -0.3 is 5.73 Å². The molecule has 0 saturated carbocycles. The number of hydrogen-bond acceptors (Lipinski definition) is 1. The van der Waals surface area contributed by atoms with Crippen LogP contribution in [-0.4, -0.2) is 11.1 Å². The summed E-state index contributed by atoms with van der Waals surface area (Å²) in [5, 5.41) is 0. The first-order chi connectivity index (χ1) is 5.25. The van der Waals surface area contributed by atoms with E-state index < -0.39 is 6.55 Å². The van der Waals surface area contributed by atoms with E-state index in [-0.39, 0.29) is 0 Å². The number of rotatable bonds is 3. The normalized spacial score (nSPS) is 10.9. The van der Waals surface area contributed by atoms with Gasteiger partial charge in [0.25, 0.3) is 0 Å². The van der Waals surface area contributed by atoms with Crippen LogP contribution in [-0.2, 0) is 6.42 Å². The Morgan fingerprint density at radius 3 is 2.82 bits per heavy atom. The molecular formula is C7H10F2N2. The molecule has 2 N–H and O–H groups in total. The molecule has 1 aromatic rings. The van der Waals surface area contributed by atoms with Gasteiger partial charge >= 0.3 is 6.55 Å². The second-order valence-corrected chi connectivity index (χ2v) is 2.22. The summed E-state index contributed by atoms with van der Waals surface area (Å²) >= 11 is 0. The van der Waals surface area contributed by atoms with Gasteiger partial charge in [-0.05, 0) is 18.7 Å². The van der Waals surface area contributed by atoms with Gasteiger partial charge in [-0.2, -0.15) is 8.78 Å². The highest BCUT2D eigenvalue weighted by Gasteiger charge is 2.07. The first-order valence-electron chi connectivity index (χ1n) is 3.39. The monoisotopic (exact) mass is 160 g/mol. The number of alkyl halides is 2. The zero-order valence-electron chi connectivity index (χ0n) is 6.00. The molecule has 11 heavy (non-hydrogen) atoms. The standard InChI is InChI=1S/C7H10F2N2/c8-7(9)11-5-1-2-6(11)3-4-10/h1-2,5,7H,3-4,10H2. The van der Waals surface area contributed by atoms with Crippen LogP contribution in [0.5, 0.6) is 0 Å². The number of aromatic nitrogens is 1. The lowest BCUT2D eigenvalue weighted by molar-refractivity contribution is 0.0679. The molecule has 0 bridgehead atoms. The Morgan fingerprint density at radius 2 is 2.27 bits per heavy atom. The van der Waals surface area contributed by atoms with Crippen molar-refractivity contribution < 1.29 is 8.78 Å². The van der Waals surface area contributed by atoms with Crippen molar-refractivity contribution in [3.05, 3.63) is 24.0 Å². The third-order valence-corrected chi connectivity index (χ3v) is 1.48. The van der Waals surface area contributed by atoms with Crippen LogP contribution >= 0.6 is 0 Å². The van der Waals surface area contributed by atoms with Gasteiger partial charge in [0, 0.05) is 18.3 Å². The number of nitrogens with zero attached hydrogens (tertiary/aromatic N) is 1. The third kappa shape index (κ3) is 1.77. The number of nitrogens with two attached hydrogens (primary N) is 1. The van der Waals surface area contributed by atoms with Crippen LogP contribution in [0.25, 0.3) is 0 Å². The van der Waals surface area contributed by atoms with E-state index in [9.17, 15) is 8.78 Å². The molecule has 1 rings (SSSR count). The van der Waals surface area contributed by atoms with Crippen molar-refractivity contribution in [1.29, 1.82) is 0 Å². The number of halogens is 2. The molecule has 0 spiro atoms. The van der Waals surface area contributed by atoms with Crippen LogP contribution in [0.3, 0.4) is 0 Å². The van der Waals surface area contributed by atoms with Crippen molar-refractivity contribution >= 4 is 0 Å². The average Bonchev–Trinajstić information content (AvgIpc) is 2.36. The van der Waals surface area contributed by atoms with E-state index in [1.54, 1.807) is 12.1 Å². The summed E-state index contributed by atoms with van der Waals surface area (Å²) in [5.74, 6) is 0. The van der Waals surface area contributed by atoms with Crippen molar-refractivity contribution in [3.63, 3.8) is 0 Å². The van der Waals surface area contributed by atoms with Gasteiger partial charge in [0.15, 0.2) is 0 Å². The van der Waals surface area contributed by atoms with Gasteiger partial charge in [0.1, 0.15) is 0 Å². The SMILES string of the molecule is NCCc1cccn1C(F)F. The summed E-state index contributed by atoms with van der Waals surface area (Å²) in [6.45, 7) is -2.05. The maximum Gasteiger partial charge on any atom is 0.318 e. The lowest BCUT2D eigenvalue weighted by atomic mass is 10.3. The highest BCUT2D eigenvalue weighted by molar-refractivity contribution is 5.07. The Morgan fingerprint density at radius 1 is 1.55 bits per heavy atom. The van der Waals surface area contributed by atoms with Crippen molar-refractivity contribution in [1.82, 2.24) is 4.57 Å². The highest BCUT2D eigenvalue weighted by atomic mass is 19.3. The minimum absolute atomic E-state index is 0.400. The van der Waals surface area contributed by atoms with Crippen LogP contribution in [0.4, 0.5) is 8.78 Å². The minimum Gasteiger partial charge on any atom is -0.330 e. The van der Waals surface area contributed by atoms with E-state index in [2.05, 4.69) is 0 Å². The van der Waals surface area contributed by atoms with Crippen LogP contribution < -0.4 is 5.73 Å². The van der Waals surface area contributed by atoms with E-state index in [4.69, 9.17) is 5.73 Å². The second kappa shape index (κ2) is 3.48. The molecular weight excluding hydrogens is 150 g/mol. The van der Waals surface area contributed by atoms with Crippen molar-refractivity contribution in [2.75, 3.05) is 6.54 Å². The van der Waals surface area contributed by atoms with E-state index in [1.165, 1.54) is 6.20 Å². The minimum atomic E-state index is -2.45. The fraction of sp³-hybridized carbons (Fsp3) is 0.429. The first-order valence-corrected chi connectivity index (χ1v) is 3.39. The summed E-state index contributed by atoms with van der Waals surface area (Å²) < 4.78 is 25.1. The molecule has 0 radical (unpaired) electrons. The molecule has 0 aliphatic rings. The Bertz CT molecular complexity index is 220. The fourth-order valence-corrected chi connectivity index (χ4v) is 0.979. The molecule has 0 aliphatic carbocycles. The Kier molecular flexibility index (Phi) is 2.59. The van der Waals surface area contributed by atoms with E-state index >= 15 is 0 Å². The molecule has 0 unspecified atom stereocenters. The van der Waals surface area contributed by atoms with Crippen molar-refractivity contribution in [3.8, 4) is 0 Å². The largest absolute Gasteiger partial charge is 0.330 e. The van der Waals surface area contributed by atoms with Gasteiger partial charge in [0.2, 0.25) is 0 Å². The van der Waals surface area contributed by atoms with Gasteiger partial charge in [0.05, 0.1) is 0 Å². The molecule has 0 aromatic carbocycles.